The van der Waals surface area contributed by atoms with Crippen molar-refractivity contribution in [1.82, 2.24) is 9.80 Å². The molecule has 0 aromatic heterocycles. The third kappa shape index (κ3) is 3.87. The van der Waals surface area contributed by atoms with Gasteiger partial charge in [-0.3, -0.25) is 4.79 Å². The summed E-state index contributed by atoms with van der Waals surface area (Å²) in [6.45, 7) is 3.18. The van der Waals surface area contributed by atoms with Gasteiger partial charge in [0.05, 0.1) is 12.1 Å². The van der Waals surface area contributed by atoms with Gasteiger partial charge < -0.3 is 20.3 Å². The van der Waals surface area contributed by atoms with Gasteiger partial charge in [0.1, 0.15) is 6.61 Å². The number of carbonyl (C=O) groups is 2. The molecule has 2 fully saturated rings. The van der Waals surface area contributed by atoms with E-state index in [0.717, 1.165) is 24.8 Å². The number of carbonyl (C=O) groups excluding carboxylic acids is 2. The number of nitrogens with two attached hydrogens (primary N) is 1. The number of hydrogen-bond donors (Lipinski definition) is 1. The van der Waals surface area contributed by atoms with Crippen molar-refractivity contribution in [3.8, 4) is 0 Å². The highest BCUT2D eigenvalue weighted by Gasteiger charge is 2.42. The molecule has 2 unspecified atom stereocenters. The molecule has 2 amide bonds. The van der Waals surface area contributed by atoms with E-state index < -0.39 is 6.04 Å². The van der Waals surface area contributed by atoms with Gasteiger partial charge in [0, 0.05) is 19.1 Å². The fourth-order valence-electron chi connectivity index (χ4n) is 3.20. The van der Waals surface area contributed by atoms with Crippen molar-refractivity contribution >= 4 is 12.0 Å². The molecule has 2 N–H and O–H groups in total. The Morgan fingerprint density at radius 2 is 1.96 bits per heavy atom. The van der Waals surface area contributed by atoms with Crippen LogP contribution in [-0.4, -0.2) is 53.0 Å². The average Bonchev–Trinajstić information content (AvgIpc) is 3.30. The second kappa shape index (κ2) is 7.21. The van der Waals surface area contributed by atoms with E-state index >= 15 is 0 Å². The van der Waals surface area contributed by atoms with Gasteiger partial charge in [0.25, 0.3) is 0 Å². The van der Waals surface area contributed by atoms with Crippen LogP contribution < -0.4 is 5.73 Å². The van der Waals surface area contributed by atoms with Crippen molar-refractivity contribution in [3.05, 3.63) is 35.9 Å². The third-order valence-corrected chi connectivity index (χ3v) is 4.61. The molecule has 1 aliphatic heterocycles. The van der Waals surface area contributed by atoms with Crippen LogP contribution in [-0.2, 0) is 16.1 Å². The largest absolute Gasteiger partial charge is 0.445 e. The molecule has 24 heavy (non-hydrogen) atoms. The summed E-state index contributed by atoms with van der Waals surface area (Å²) in [5.74, 6) is -0.0501. The first-order valence-electron chi connectivity index (χ1n) is 8.59. The predicted molar refractivity (Wildman–Crippen MR) is 90.1 cm³/mol. The number of amides is 2. The average molecular weight is 331 g/mol. The standard InChI is InChI=1S/C18H25N3O3/c1-13(19)17(22)20-10-9-16(11-20)21(15-7-8-15)18(23)24-12-14-5-3-2-4-6-14/h2-6,13,15-16H,7-12,19H2,1H3. The van der Waals surface area contributed by atoms with Crippen molar-refractivity contribution in [2.75, 3.05) is 13.1 Å². The molecule has 6 heteroatoms. The quantitative estimate of drug-likeness (QED) is 0.891. The number of hydrogen-bond acceptors (Lipinski definition) is 4. The highest BCUT2D eigenvalue weighted by atomic mass is 16.6. The third-order valence-electron chi connectivity index (χ3n) is 4.61. The molecule has 1 heterocycles. The van der Waals surface area contributed by atoms with Gasteiger partial charge in [0.2, 0.25) is 5.91 Å². The fraction of sp³-hybridized carbons (Fsp3) is 0.556. The van der Waals surface area contributed by atoms with E-state index in [1.54, 1.807) is 11.8 Å². The van der Waals surface area contributed by atoms with Gasteiger partial charge >= 0.3 is 6.09 Å². The Balaban J connectivity index is 1.59. The van der Waals surface area contributed by atoms with E-state index in [1.165, 1.54) is 0 Å². The van der Waals surface area contributed by atoms with Gasteiger partial charge in [-0.2, -0.15) is 0 Å². The molecule has 0 spiro atoms. The number of nitrogens with zero attached hydrogens (tertiary/aromatic N) is 2. The van der Waals surface area contributed by atoms with E-state index in [2.05, 4.69) is 0 Å². The molecule has 6 nitrogen and oxygen atoms in total. The summed E-state index contributed by atoms with van der Waals surface area (Å²) in [5, 5.41) is 0. The molecule has 2 atom stereocenters. The normalized spacial score (nSPS) is 21.4. The fourth-order valence-corrected chi connectivity index (χ4v) is 3.20. The molecule has 3 rings (SSSR count). The number of ether oxygens (including phenoxy) is 1. The van der Waals surface area contributed by atoms with Crippen LogP contribution in [0.5, 0.6) is 0 Å². The SMILES string of the molecule is CC(N)C(=O)N1CCC(N(C(=O)OCc2ccccc2)C2CC2)C1. The van der Waals surface area contributed by atoms with E-state index in [4.69, 9.17) is 10.5 Å². The molecule has 1 saturated heterocycles. The molecule has 0 bridgehead atoms. The van der Waals surface area contributed by atoms with Gasteiger partial charge in [-0.15, -0.1) is 0 Å². The summed E-state index contributed by atoms with van der Waals surface area (Å²) < 4.78 is 5.51. The second-order valence-electron chi connectivity index (χ2n) is 6.69. The second-order valence-corrected chi connectivity index (χ2v) is 6.69. The lowest BCUT2D eigenvalue weighted by atomic mass is 10.2. The molecule has 130 valence electrons. The minimum absolute atomic E-state index is 0.0310. The molecule has 1 aliphatic carbocycles. The molecule has 1 aromatic carbocycles. The summed E-state index contributed by atoms with van der Waals surface area (Å²) >= 11 is 0. The maximum atomic E-state index is 12.6. The van der Waals surface area contributed by atoms with E-state index in [9.17, 15) is 9.59 Å². The first kappa shape index (κ1) is 16.8. The Labute approximate surface area is 142 Å². The predicted octanol–water partition coefficient (Wildman–Crippen LogP) is 1.74. The minimum Gasteiger partial charge on any atom is -0.445 e. The smallest absolute Gasteiger partial charge is 0.410 e. The van der Waals surface area contributed by atoms with Crippen LogP contribution in [0.4, 0.5) is 4.79 Å². The summed E-state index contributed by atoms with van der Waals surface area (Å²) in [4.78, 5) is 28.2. The zero-order valence-electron chi connectivity index (χ0n) is 14.1. The Kier molecular flexibility index (Phi) is 5.04. The van der Waals surface area contributed by atoms with E-state index in [1.807, 2.05) is 35.2 Å². The number of likely N-dealkylation sites (tertiary alicyclic amines) is 1. The molecular weight excluding hydrogens is 306 g/mol. The van der Waals surface area contributed by atoms with Crippen molar-refractivity contribution in [2.45, 2.75) is 50.9 Å². The Morgan fingerprint density at radius 1 is 1.25 bits per heavy atom. The number of benzene rings is 1. The van der Waals surface area contributed by atoms with Crippen LogP contribution in [0.2, 0.25) is 0 Å². The van der Waals surface area contributed by atoms with Crippen LogP contribution in [0.1, 0.15) is 31.7 Å². The summed E-state index contributed by atoms with van der Waals surface area (Å²) in [6, 6.07) is 9.45. The highest BCUT2D eigenvalue weighted by molar-refractivity contribution is 5.81. The first-order chi connectivity index (χ1) is 11.6. The molecule has 2 aliphatic rings. The topological polar surface area (TPSA) is 75.9 Å². The zero-order valence-corrected chi connectivity index (χ0v) is 14.1. The Hall–Kier alpha value is -2.08. The summed E-state index contributed by atoms with van der Waals surface area (Å²) in [7, 11) is 0. The minimum atomic E-state index is -0.497. The van der Waals surface area contributed by atoms with Crippen LogP contribution in [0.15, 0.2) is 30.3 Å². The molecular formula is C18H25N3O3. The van der Waals surface area contributed by atoms with E-state index in [-0.39, 0.29) is 30.7 Å². The summed E-state index contributed by atoms with van der Waals surface area (Å²) in [6.07, 6.45) is 2.53. The molecule has 1 saturated carbocycles. The van der Waals surface area contributed by atoms with Crippen LogP contribution in [0.3, 0.4) is 0 Å². The molecule has 1 aromatic rings. The van der Waals surface area contributed by atoms with Crippen molar-refractivity contribution in [2.24, 2.45) is 5.73 Å². The van der Waals surface area contributed by atoms with E-state index in [0.29, 0.717) is 13.1 Å². The maximum Gasteiger partial charge on any atom is 0.410 e. The zero-order chi connectivity index (χ0) is 17.1. The van der Waals surface area contributed by atoms with Crippen molar-refractivity contribution in [3.63, 3.8) is 0 Å². The number of rotatable bonds is 5. The van der Waals surface area contributed by atoms with Crippen LogP contribution >= 0.6 is 0 Å². The van der Waals surface area contributed by atoms with Gasteiger partial charge in [-0.05, 0) is 31.7 Å². The van der Waals surface area contributed by atoms with Gasteiger partial charge in [-0.25, -0.2) is 4.79 Å². The lowest BCUT2D eigenvalue weighted by molar-refractivity contribution is -0.131. The van der Waals surface area contributed by atoms with Gasteiger partial charge in [-0.1, -0.05) is 30.3 Å². The van der Waals surface area contributed by atoms with Crippen molar-refractivity contribution in [1.29, 1.82) is 0 Å². The molecule has 0 radical (unpaired) electrons. The van der Waals surface area contributed by atoms with Crippen LogP contribution in [0.25, 0.3) is 0 Å². The highest BCUT2D eigenvalue weighted by Crippen LogP contribution is 2.32. The van der Waals surface area contributed by atoms with Crippen LogP contribution in [0, 0.1) is 0 Å². The Bertz CT molecular complexity index is 586. The monoisotopic (exact) mass is 331 g/mol. The Morgan fingerprint density at radius 3 is 2.58 bits per heavy atom. The van der Waals surface area contributed by atoms with Crippen molar-refractivity contribution < 1.29 is 14.3 Å². The van der Waals surface area contributed by atoms with Gasteiger partial charge in [0.15, 0.2) is 0 Å². The lowest BCUT2D eigenvalue weighted by Crippen LogP contribution is -2.46. The summed E-state index contributed by atoms with van der Waals surface area (Å²) in [5.41, 5.74) is 6.66. The maximum absolute atomic E-state index is 12.6. The first-order valence-corrected chi connectivity index (χ1v) is 8.59. The lowest BCUT2D eigenvalue weighted by Gasteiger charge is -2.28.